The molecule has 4 atom stereocenters. The fourth-order valence-electron chi connectivity index (χ4n) is 5.70. The number of hydrogen-bond donors (Lipinski definition) is 3. The average molecular weight is 497 g/mol. The lowest BCUT2D eigenvalue weighted by molar-refractivity contribution is -0.151. The van der Waals surface area contributed by atoms with Crippen LogP contribution in [0.4, 0.5) is 10.7 Å². The second-order valence-corrected chi connectivity index (χ2v) is 10.4. The molecule has 2 bridgehead atoms. The molecule has 1 aromatic heterocycles. The van der Waals surface area contributed by atoms with E-state index < -0.39 is 17.8 Å². The van der Waals surface area contributed by atoms with Crippen molar-refractivity contribution in [1.82, 2.24) is 0 Å². The standard InChI is InChI=1S/C26H28N2O6S/c1-33-15-10-11-17(18(12-15)34-2)27-24(30)22-16-4-3-5-19(16)35-25(22)28-23(29)20-13-6-8-14(9-7-13)21(20)26(31)32/h6,8,10-14,20-21H,3-5,7,9H2,1-2H3,(H,27,30)(H,28,29)(H,31,32)/t13-,14-,20+,21+/m0/s1. The van der Waals surface area contributed by atoms with Crippen LogP contribution in [0.15, 0.2) is 30.4 Å². The Morgan fingerprint density at radius 3 is 2.40 bits per heavy atom. The minimum absolute atomic E-state index is 0.103. The van der Waals surface area contributed by atoms with E-state index in [1.54, 1.807) is 25.3 Å². The Balaban J connectivity index is 1.43. The van der Waals surface area contributed by atoms with E-state index in [-0.39, 0.29) is 23.7 Å². The third kappa shape index (κ3) is 4.18. The summed E-state index contributed by atoms with van der Waals surface area (Å²) in [6.07, 6.45) is 8.09. The van der Waals surface area contributed by atoms with Gasteiger partial charge in [0, 0.05) is 10.9 Å². The van der Waals surface area contributed by atoms with Gasteiger partial charge in [-0.05, 0) is 61.6 Å². The summed E-state index contributed by atoms with van der Waals surface area (Å²) in [5, 5.41) is 16.2. The van der Waals surface area contributed by atoms with E-state index in [1.807, 2.05) is 12.2 Å². The monoisotopic (exact) mass is 496 g/mol. The van der Waals surface area contributed by atoms with E-state index in [1.165, 1.54) is 18.4 Å². The topological polar surface area (TPSA) is 114 Å². The van der Waals surface area contributed by atoms with E-state index in [2.05, 4.69) is 10.6 Å². The molecule has 3 N–H and O–H groups in total. The van der Waals surface area contributed by atoms with Gasteiger partial charge in [-0.2, -0.15) is 0 Å². The molecule has 184 valence electrons. The molecule has 8 nitrogen and oxygen atoms in total. The maximum Gasteiger partial charge on any atom is 0.307 e. The van der Waals surface area contributed by atoms with Crippen LogP contribution < -0.4 is 20.1 Å². The number of aliphatic carboxylic acids is 1. The minimum atomic E-state index is -0.942. The predicted molar refractivity (Wildman–Crippen MR) is 132 cm³/mol. The van der Waals surface area contributed by atoms with Crippen molar-refractivity contribution < 1.29 is 29.0 Å². The number of anilines is 2. The number of carbonyl (C=O) groups excluding carboxylic acids is 2. The molecule has 0 radical (unpaired) electrons. The highest BCUT2D eigenvalue weighted by Gasteiger charge is 2.48. The first-order valence-corrected chi connectivity index (χ1v) is 12.6. The maximum absolute atomic E-state index is 13.5. The van der Waals surface area contributed by atoms with Gasteiger partial charge in [0.05, 0.1) is 37.3 Å². The van der Waals surface area contributed by atoms with Crippen LogP contribution in [-0.2, 0) is 22.4 Å². The van der Waals surface area contributed by atoms with Crippen LogP contribution in [0.3, 0.4) is 0 Å². The fraction of sp³-hybridized carbons (Fsp3) is 0.423. The molecule has 1 fully saturated rings. The highest BCUT2D eigenvalue weighted by atomic mass is 32.1. The first kappa shape index (κ1) is 23.4. The van der Waals surface area contributed by atoms with E-state index in [4.69, 9.17) is 9.47 Å². The zero-order valence-corrected chi connectivity index (χ0v) is 20.4. The summed E-state index contributed by atoms with van der Waals surface area (Å²) < 4.78 is 10.6. The smallest absolute Gasteiger partial charge is 0.307 e. The van der Waals surface area contributed by atoms with E-state index in [9.17, 15) is 19.5 Å². The van der Waals surface area contributed by atoms with Gasteiger partial charge in [-0.15, -0.1) is 11.3 Å². The molecule has 2 aromatic rings. The number of rotatable bonds is 7. The number of thiophene rings is 1. The lowest BCUT2D eigenvalue weighted by atomic mass is 9.62. The van der Waals surface area contributed by atoms with Crippen LogP contribution in [-0.4, -0.2) is 37.1 Å². The van der Waals surface area contributed by atoms with Crippen LogP contribution >= 0.6 is 11.3 Å². The Bertz CT molecular complexity index is 1220. The Hall–Kier alpha value is -3.33. The van der Waals surface area contributed by atoms with Gasteiger partial charge in [-0.25, -0.2) is 0 Å². The van der Waals surface area contributed by atoms with Crippen LogP contribution in [0.25, 0.3) is 0 Å². The van der Waals surface area contributed by atoms with E-state index in [0.717, 1.165) is 42.5 Å². The summed E-state index contributed by atoms with van der Waals surface area (Å²) in [5.74, 6) is -2.16. The Morgan fingerprint density at radius 1 is 1.00 bits per heavy atom. The van der Waals surface area contributed by atoms with Crippen molar-refractivity contribution in [3.63, 3.8) is 0 Å². The molecule has 1 saturated carbocycles. The number of aryl methyl sites for hydroxylation is 1. The zero-order chi connectivity index (χ0) is 24.7. The molecule has 1 aromatic carbocycles. The molecule has 35 heavy (non-hydrogen) atoms. The van der Waals surface area contributed by atoms with Gasteiger partial charge in [-0.3, -0.25) is 14.4 Å². The molecular weight excluding hydrogens is 468 g/mol. The molecule has 0 saturated heterocycles. The number of allylic oxidation sites excluding steroid dienone is 2. The third-order valence-electron chi connectivity index (χ3n) is 7.38. The number of amides is 2. The largest absolute Gasteiger partial charge is 0.497 e. The first-order chi connectivity index (χ1) is 16.9. The van der Waals surface area contributed by atoms with Crippen LogP contribution in [0.2, 0.25) is 0 Å². The molecule has 9 heteroatoms. The third-order valence-corrected chi connectivity index (χ3v) is 8.59. The normalized spacial score (nSPS) is 24.1. The molecule has 1 heterocycles. The summed E-state index contributed by atoms with van der Waals surface area (Å²) in [4.78, 5) is 40.0. The number of benzene rings is 1. The van der Waals surface area contributed by atoms with Crippen LogP contribution in [0.1, 0.15) is 40.1 Å². The summed E-state index contributed by atoms with van der Waals surface area (Å²) >= 11 is 1.42. The SMILES string of the molecule is COc1ccc(NC(=O)c2c(NC(=O)[C@H]3[C@H](C(=O)O)[C@H]4C=C[C@H]3CC4)sc3c2CCC3)c(OC)c1. The Kier molecular flexibility index (Phi) is 6.27. The van der Waals surface area contributed by atoms with Crippen molar-refractivity contribution in [1.29, 1.82) is 0 Å². The quantitative estimate of drug-likeness (QED) is 0.491. The van der Waals surface area contributed by atoms with Crippen molar-refractivity contribution in [2.45, 2.75) is 32.1 Å². The summed E-state index contributed by atoms with van der Waals surface area (Å²) in [6.45, 7) is 0. The first-order valence-electron chi connectivity index (χ1n) is 11.8. The van der Waals surface area contributed by atoms with Gasteiger partial charge >= 0.3 is 5.97 Å². The lowest BCUT2D eigenvalue weighted by Crippen LogP contribution is -2.47. The van der Waals surface area contributed by atoms with Gasteiger partial charge in [-0.1, -0.05) is 12.2 Å². The number of hydrogen-bond acceptors (Lipinski definition) is 6. The number of methoxy groups -OCH3 is 2. The average Bonchev–Trinajstić information content (AvgIpc) is 3.45. The molecule has 6 rings (SSSR count). The van der Waals surface area contributed by atoms with Gasteiger partial charge < -0.3 is 25.2 Å². The van der Waals surface area contributed by atoms with Gasteiger partial charge in [0.15, 0.2) is 0 Å². The number of carbonyl (C=O) groups is 3. The molecule has 0 aliphatic heterocycles. The predicted octanol–water partition coefficient (Wildman–Crippen LogP) is 4.36. The van der Waals surface area contributed by atoms with Crippen molar-refractivity contribution in [2.75, 3.05) is 24.9 Å². The molecular formula is C26H28N2O6S. The van der Waals surface area contributed by atoms with Crippen LogP contribution in [0, 0.1) is 23.7 Å². The van der Waals surface area contributed by atoms with Gasteiger partial charge in [0.2, 0.25) is 5.91 Å². The fourth-order valence-corrected chi connectivity index (χ4v) is 6.99. The van der Waals surface area contributed by atoms with E-state index >= 15 is 0 Å². The van der Waals surface area contributed by atoms with Crippen LogP contribution in [0.5, 0.6) is 11.5 Å². The van der Waals surface area contributed by atoms with Gasteiger partial charge in [0.1, 0.15) is 16.5 Å². The lowest BCUT2D eigenvalue weighted by Gasteiger charge is -2.41. The molecule has 4 aliphatic carbocycles. The maximum atomic E-state index is 13.5. The number of fused-ring (bicyclic) bond motifs is 3. The molecule has 2 amide bonds. The second-order valence-electron chi connectivity index (χ2n) is 9.25. The summed E-state index contributed by atoms with van der Waals surface area (Å²) in [5.41, 5.74) is 1.90. The molecule has 0 unspecified atom stereocenters. The summed E-state index contributed by atoms with van der Waals surface area (Å²) in [6, 6.07) is 5.13. The van der Waals surface area contributed by atoms with Gasteiger partial charge in [0.25, 0.3) is 5.91 Å². The second kappa shape index (κ2) is 9.37. The molecule has 0 spiro atoms. The minimum Gasteiger partial charge on any atom is -0.497 e. The summed E-state index contributed by atoms with van der Waals surface area (Å²) in [7, 11) is 3.07. The number of carboxylic acid groups (broad SMARTS) is 1. The number of nitrogens with one attached hydrogen (secondary N) is 2. The Morgan fingerprint density at radius 2 is 1.74 bits per heavy atom. The molecule has 4 aliphatic rings. The highest BCUT2D eigenvalue weighted by Crippen LogP contribution is 2.46. The van der Waals surface area contributed by atoms with Crippen molar-refractivity contribution in [3.05, 3.63) is 46.4 Å². The number of ether oxygens (including phenoxy) is 2. The highest BCUT2D eigenvalue weighted by molar-refractivity contribution is 7.17. The van der Waals surface area contributed by atoms with Crippen molar-refractivity contribution in [2.24, 2.45) is 23.7 Å². The van der Waals surface area contributed by atoms with E-state index in [0.29, 0.717) is 27.8 Å². The van der Waals surface area contributed by atoms with Crippen molar-refractivity contribution >= 4 is 39.8 Å². The van der Waals surface area contributed by atoms with Crippen molar-refractivity contribution in [3.8, 4) is 11.5 Å². The zero-order valence-electron chi connectivity index (χ0n) is 19.6. The number of carboxylic acids is 1. The Labute approximate surface area is 207 Å².